The van der Waals surface area contributed by atoms with E-state index in [1.807, 2.05) is 6.92 Å². The maximum atomic E-state index is 12.3. The van der Waals surface area contributed by atoms with Gasteiger partial charge < -0.3 is 20.2 Å². The highest BCUT2D eigenvalue weighted by molar-refractivity contribution is 5.78. The molecule has 0 saturated carbocycles. The molecule has 7 nitrogen and oxygen atoms in total. The Morgan fingerprint density at radius 1 is 1.15 bits per heavy atom. The molecule has 0 aromatic heterocycles. The number of aliphatic carboxylic acids is 1. The van der Waals surface area contributed by atoms with Gasteiger partial charge in [0.1, 0.15) is 0 Å². The van der Waals surface area contributed by atoms with Gasteiger partial charge in [-0.1, -0.05) is 6.92 Å². The molecular formula is C13H21N3O4. The molecule has 20 heavy (non-hydrogen) atoms. The van der Waals surface area contributed by atoms with Crippen molar-refractivity contribution in [1.29, 1.82) is 0 Å². The topological polar surface area (TPSA) is 90.0 Å². The van der Waals surface area contributed by atoms with Gasteiger partial charge in [-0.05, 0) is 12.3 Å². The molecule has 3 amide bonds. The predicted octanol–water partition coefficient (Wildman–Crippen LogP) is -0.0307. The van der Waals surface area contributed by atoms with Crippen molar-refractivity contribution in [1.82, 2.24) is 15.1 Å². The average molecular weight is 283 g/mol. The highest BCUT2D eigenvalue weighted by atomic mass is 16.4. The molecule has 2 aliphatic rings. The Labute approximate surface area is 117 Å². The van der Waals surface area contributed by atoms with Crippen LogP contribution >= 0.6 is 0 Å². The number of rotatable bonds is 2. The first-order valence-electron chi connectivity index (χ1n) is 6.92. The third-order valence-corrected chi connectivity index (χ3v) is 4.07. The van der Waals surface area contributed by atoms with E-state index in [4.69, 9.17) is 5.11 Å². The van der Waals surface area contributed by atoms with Crippen LogP contribution in [0.5, 0.6) is 0 Å². The monoisotopic (exact) mass is 283 g/mol. The number of carbonyl (C=O) groups is 3. The zero-order valence-corrected chi connectivity index (χ0v) is 11.8. The van der Waals surface area contributed by atoms with Crippen molar-refractivity contribution in [2.75, 3.05) is 26.2 Å². The van der Waals surface area contributed by atoms with E-state index in [9.17, 15) is 14.4 Å². The number of amides is 3. The summed E-state index contributed by atoms with van der Waals surface area (Å²) in [6.45, 7) is 5.18. The number of likely N-dealkylation sites (tertiary alicyclic amines) is 2. The molecule has 3 unspecified atom stereocenters. The molecular weight excluding hydrogens is 262 g/mol. The molecule has 0 bridgehead atoms. The smallest absolute Gasteiger partial charge is 0.320 e. The zero-order chi connectivity index (χ0) is 14.9. The van der Waals surface area contributed by atoms with E-state index >= 15 is 0 Å². The number of urea groups is 1. The van der Waals surface area contributed by atoms with Gasteiger partial charge in [-0.2, -0.15) is 0 Å². The van der Waals surface area contributed by atoms with E-state index in [2.05, 4.69) is 5.32 Å². The van der Waals surface area contributed by atoms with Gasteiger partial charge in [-0.25, -0.2) is 4.79 Å². The summed E-state index contributed by atoms with van der Waals surface area (Å²) in [6.07, 6.45) is 0.747. The van der Waals surface area contributed by atoms with Crippen LogP contribution in [-0.2, 0) is 9.59 Å². The molecule has 2 saturated heterocycles. The molecule has 0 spiro atoms. The van der Waals surface area contributed by atoms with Gasteiger partial charge in [0, 0.05) is 39.1 Å². The van der Waals surface area contributed by atoms with Crippen molar-refractivity contribution < 1.29 is 19.5 Å². The summed E-state index contributed by atoms with van der Waals surface area (Å²) in [7, 11) is 0. The molecule has 2 heterocycles. The number of carboxylic acids is 1. The molecule has 112 valence electrons. The Bertz CT molecular complexity index is 426. The molecule has 2 rings (SSSR count). The Kier molecular flexibility index (Phi) is 4.15. The predicted molar refractivity (Wildman–Crippen MR) is 71.1 cm³/mol. The van der Waals surface area contributed by atoms with E-state index in [0.717, 1.165) is 6.42 Å². The van der Waals surface area contributed by atoms with E-state index in [1.54, 1.807) is 9.80 Å². The van der Waals surface area contributed by atoms with Gasteiger partial charge >= 0.3 is 12.0 Å². The number of hydrogen-bond acceptors (Lipinski definition) is 3. The number of carboxylic acid groups (broad SMARTS) is 1. The van der Waals surface area contributed by atoms with Crippen LogP contribution in [0.2, 0.25) is 0 Å². The first kappa shape index (κ1) is 14.6. The van der Waals surface area contributed by atoms with Crippen molar-refractivity contribution in [2.24, 2.45) is 11.8 Å². The summed E-state index contributed by atoms with van der Waals surface area (Å²) in [6, 6.07) is -0.111. The van der Waals surface area contributed by atoms with Crippen LogP contribution in [0.1, 0.15) is 20.3 Å². The van der Waals surface area contributed by atoms with Gasteiger partial charge in [0.15, 0.2) is 0 Å². The standard InChI is InChI=1S/C13H21N3O4/c1-8-5-16(7-11(8)12(18)19)13(20)15-4-3-10(6-15)14-9(2)17/h8,10-11H,3-7H2,1-2H3,(H,14,17)(H,18,19). The summed E-state index contributed by atoms with van der Waals surface area (Å²) in [5, 5.41) is 11.9. The maximum Gasteiger partial charge on any atom is 0.320 e. The number of carbonyl (C=O) groups excluding carboxylic acids is 2. The number of hydrogen-bond donors (Lipinski definition) is 2. The second-order valence-electron chi connectivity index (χ2n) is 5.74. The minimum atomic E-state index is -0.842. The van der Waals surface area contributed by atoms with Gasteiger partial charge in [0.25, 0.3) is 0 Å². The fraction of sp³-hybridized carbons (Fsp3) is 0.769. The Balaban J connectivity index is 1.90. The van der Waals surface area contributed by atoms with Crippen molar-refractivity contribution in [3.05, 3.63) is 0 Å². The summed E-state index contributed by atoms with van der Waals surface area (Å²) in [5.74, 6) is -1.44. The highest BCUT2D eigenvalue weighted by Gasteiger charge is 2.39. The van der Waals surface area contributed by atoms with Crippen LogP contribution in [0, 0.1) is 11.8 Å². The molecule has 0 aromatic carbocycles. The SMILES string of the molecule is CC(=O)NC1CCN(C(=O)N2CC(C)C(C(=O)O)C2)C1. The lowest BCUT2D eigenvalue weighted by Gasteiger charge is -2.24. The van der Waals surface area contributed by atoms with Crippen LogP contribution in [0.4, 0.5) is 4.79 Å². The van der Waals surface area contributed by atoms with Crippen molar-refractivity contribution in [2.45, 2.75) is 26.3 Å². The normalized spacial score (nSPS) is 29.6. The lowest BCUT2D eigenvalue weighted by atomic mass is 9.99. The van der Waals surface area contributed by atoms with Crippen molar-refractivity contribution >= 4 is 17.9 Å². The molecule has 2 aliphatic heterocycles. The summed E-state index contributed by atoms with van der Waals surface area (Å²) >= 11 is 0. The van der Waals surface area contributed by atoms with E-state index in [1.165, 1.54) is 6.92 Å². The van der Waals surface area contributed by atoms with Crippen molar-refractivity contribution in [3.8, 4) is 0 Å². The van der Waals surface area contributed by atoms with E-state index in [0.29, 0.717) is 19.6 Å². The zero-order valence-electron chi connectivity index (χ0n) is 11.8. The number of nitrogens with one attached hydrogen (secondary N) is 1. The van der Waals surface area contributed by atoms with Crippen molar-refractivity contribution in [3.63, 3.8) is 0 Å². The third kappa shape index (κ3) is 3.02. The number of nitrogens with zero attached hydrogens (tertiary/aromatic N) is 2. The molecule has 3 atom stereocenters. The van der Waals surface area contributed by atoms with Gasteiger partial charge in [0.05, 0.1) is 5.92 Å². The average Bonchev–Trinajstić information content (AvgIpc) is 2.94. The summed E-state index contributed by atoms with van der Waals surface area (Å²) < 4.78 is 0. The summed E-state index contributed by atoms with van der Waals surface area (Å²) in [4.78, 5) is 37.7. The van der Waals surface area contributed by atoms with Gasteiger partial charge in [-0.15, -0.1) is 0 Å². The molecule has 2 fully saturated rings. The minimum Gasteiger partial charge on any atom is -0.481 e. The molecule has 2 N–H and O–H groups in total. The Morgan fingerprint density at radius 3 is 2.40 bits per heavy atom. The van der Waals surface area contributed by atoms with E-state index < -0.39 is 11.9 Å². The first-order chi connectivity index (χ1) is 9.38. The highest BCUT2D eigenvalue weighted by Crippen LogP contribution is 2.25. The summed E-state index contributed by atoms with van der Waals surface area (Å²) in [5.41, 5.74) is 0. The van der Waals surface area contributed by atoms with E-state index in [-0.39, 0.29) is 30.4 Å². The third-order valence-electron chi connectivity index (χ3n) is 4.07. The second-order valence-corrected chi connectivity index (χ2v) is 5.74. The van der Waals surface area contributed by atoms with Crippen LogP contribution in [0.3, 0.4) is 0 Å². The molecule has 0 aromatic rings. The first-order valence-corrected chi connectivity index (χ1v) is 6.92. The lowest BCUT2D eigenvalue weighted by Crippen LogP contribution is -2.43. The van der Waals surface area contributed by atoms with Gasteiger partial charge in [0.2, 0.25) is 5.91 Å². The maximum absolute atomic E-state index is 12.3. The van der Waals surface area contributed by atoms with Crippen LogP contribution in [-0.4, -0.2) is 65.0 Å². The van der Waals surface area contributed by atoms with Crippen LogP contribution in [0.15, 0.2) is 0 Å². The fourth-order valence-corrected chi connectivity index (χ4v) is 2.98. The Hall–Kier alpha value is -1.79. The van der Waals surface area contributed by atoms with Crippen LogP contribution in [0.25, 0.3) is 0 Å². The van der Waals surface area contributed by atoms with Gasteiger partial charge in [-0.3, -0.25) is 9.59 Å². The second kappa shape index (κ2) is 5.68. The van der Waals surface area contributed by atoms with Crippen LogP contribution < -0.4 is 5.32 Å². The molecule has 0 radical (unpaired) electrons. The lowest BCUT2D eigenvalue weighted by molar-refractivity contribution is -0.142. The largest absolute Gasteiger partial charge is 0.481 e. The molecule has 0 aliphatic carbocycles. The quantitative estimate of drug-likeness (QED) is 0.744. The fourth-order valence-electron chi connectivity index (χ4n) is 2.98. The molecule has 7 heteroatoms. The minimum absolute atomic E-state index is 0.00625. The Morgan fingerprint density at radius 2 is 1.85 bits per heavy atom.